The average Bonchev–Trinajstić information content (AvgIpc) is 2.39. The maximum atomic E-state index is 11.2. The number of hydrogen-bond donors (Lipinski definition) is 2. The van der Waals surface area contributed by atoms with Crippen molar-refractivity contribution in [3.8, 4) is 0 Å². The Balaban J connectivity index is 2.14. The van der Waals surface area contributed by atoms with Gasteiger partial charge in [-0.2, -0.15) is 0 Å². The standard InChI is InChI=1S/C14H20N2O/c1-10(13-6-3-7-16-9-13)11-4-2-5-12(8-11)14(15)17/h2,4-5,8,10,13,16H,3,6-7,9H2,1H3,(H2,15,17). The molecular formula is C14H20N2O. The maximum absolute atomic E-state index is 11.2. The highest BCUT2D eigenvalue weighted by atomic mass is 16.1. The van der Waals surface area contributed by atoms with Crippen LogP contribution in [0.25, 0.3) is 0 Å². The van der Waals surface area contributed by atoms with E-state index in [0.29, 0.717) is 17.4 Å². The third-order valence-corrected chi connectivity index (χ3v) is 3.74. The van der Waals surface area contributed by atoms with E-state index in [1.165, 1.54) is 18.4 Å². The first-order valence-corrected chi connectivity index (χ1v) is 6.29. The van der Waals surface area contributed by atoms with Crippen LogP contribution in [0.1, 0.15) is 41.6 Å². The lowest BCUT2D eigenvalue weighted by molar-refractivity contribution is 0.1000. The van der Waals surface area contributed by atoms with Crippen molar-refractivity contribution in [3.05, 3.63) is 35.4 Å². The molecule has 0 aromatic heterocycles. The number of nitrogens with two attached hydrogens (primary N) is 1. The first kappa shape index (κ1) is 12.1. The molecule has 92 valence electrons. The molecule has 0 saturated carbocycles. The van der Waals surface area contributed by atoms with Crippen molar-refractivity contribution in [1.29, 1.82) is 0 Å². The molecule has 2 rings (SSSR count). The van der Waals surface area contributed by atoms with Gasteiger partial charge in [0.25, 0.3) is 0 Å². The Morgan fingerprint density at radius 2 is 2.35 bits per heavy atom. The van der Waals surface area contributed by atoms with Crippen LogP contribution in [0, 0.1) is 5.92 Å². The SMILES string of the molecule is CC(c1cccc(C(N)=O)c1)C1CCCNC1. The summed E-state index contributed by atoms with van der Waals surface area (Å²) in [5.74, 6) is 0.787. The molecule has 2 unspecified atom stereocenters. The number of carbonyl (C=O) groups is 1. The Labute approximate surface area is 102 Å². The molecule has 3 N–H and O–H groups in total. The predicted octanol–water partition coefficient (Wildman–Crippen LogP) is 1.89. The van der Waals surface area contributed by atoms with Gasteiger partial charge in [0.1, 0.15) is 0 Å². The van der Waals surface area contributed by atoms with Gasteiger partial charge >= 0.3 is 0 Å². The van der Waals surface area contributed by atoms with Crippen molar-refractivity contribution >= 4 is 5.91 Å². The number of benzene rings is 1. The van der Waals surface area contributed by atoms with E-state index in [4.69, 9.17) is 5.73 Å². The summed E-state index contributed by atoms with van der Waals surface area (Å²) in [6.07, 6.45) is 2.50. The molecule has 1 amide bonds. The minimum atomic E-state index is -0.346. The number of amides is 1. The molecule has 1 fully saturated rings. The van der Waals surface area contributed by atoms with Gasteiger partial charge in [-0.3, -0.25) is 4.79 Å². The highest BCUT2D eigenvalue weighted by Crippen LogP contribution is 2.29. The van der Waals surface area contributed by atoms with Crippen LogP contribution >= 0.6 is 0 Å². The van der Waals surface area contributed by atoms with Crippen molar-refractivity contribution in [2.24, 2.45) is 11.7 Å². The van der Waals surface area contributed by atoms with Gasteiger partial charge in [0.2, 0.25) is 5.91 Å². The Morgan fingerprint density at radius 1 is 1.53 bits per heavy atom. The zero-order valence-electron chi connectivity index (χ0n) is 10.3. The summed E-state index contributed by atoms with van der Waals surface area (Å²) in [5, 5.41) is 3.43. The first-order chi connectivity index (χ1) is 8.18. The molecule has 2 atom stereocenters. The minimum absolute atomic E-state index is 0.346. The molecule has 0 aliphatic carbocycles. The molecule has 0 spiro atoms. The van der Waals surface area contributed by atoms with Gasteiger partial charge in [-0.25, -0.2) is 0 Å². The molecule has 1 aliphatic rings. The first-order valence-electron chi connectivity index (χ1n) is 6.29. The fraction of sp³-hybridized carbons (Fsp3) is 0.500. The number of carbonyl (C=O) groups excluding carboxylic acids is 1. The molecule has 1 heterocycles. The topological polar surface area (TPSA) is 55.1 Å². The number of rotatable bonds is 3. The Kier molecular flexibility index (Phi) is 3.79. The molecule has 1 aromatic rings. The van der Waals surface area contributed by atoms with Crippen molar-refractivity contribution in [1.82, 2.24) is 5.32 Å². The summed E-state index contributed by atoms with van der Waals surface area (Å²) in [6.45, 7) is 4.43. The predicted molar refractivity (Wildman–Crippen MR) is 69.0 cm³/mol. The summed E-state index contributed by atoms with van der Waals surface area (Å²) in [5.41, 5.74) is 7.14. The van der Waals surface area contributed by atoms with Crippen LogP contribution < -0.4 is 11.1 Å². The van der Waals surface area contributed by atoms with Crippen molar-refractivity contribution in [2.75, 3.05) is 13.1 Å². The van der Waals surface area contributed by atoms with Crippen LogP contribution in [0.2, 0.25) is 0 Å². The molecular weight excluding hydrogens is 212 g/mol. The number of piperidine rings is 1. The zero-order valence-corrected chi connectivity index (χ0v) is 10.3. The lowest BCUT2D eigenvalue weighted by Gasteiger charge is -2.28. The molecule has 3 heteroatoms. The fourth-order valence-electron chi connectivity index (χ4n) is 2.55. The summed E-state index contributed by atoms with van der Waals surface area (Å²) < 4.78 is 0. The van der Waals surface area contributed by atoms with Gasteiger partial charge in [-0.15, -0.1) is 0 Å². The summed E-state index contributed by atoms with van der Waals surface area (Å²) >= 11 is 0. The lowest BCUT2D eigenvalue weighted by Crippen LogP contribution is -2.32. The molecule has 0 radical (unpaired) electrons. The molecule has 17 heavy (non-hydrogen) atoms. The van der Waals surface area contributed by atoms with Crippen molar-refractivity contribution in [3.63, 3.8) is 0 Å². The highest BCUT2D eigenvalue weighted by molar-refractivity contribution is 5.92. The van der Waals surface area contributed by atoms with Crippen molar-refractivity contribution in [2.45, 2.75) is 25.7 Å². The normalized spacial score (nSPS) is 22.1. The molecule has 0 bridgehead atoms. The Hall–Kier alpha value is -1.35. The highest BCUT2D eigenvalue weighted by Gasteiger charge is 2.21. The van der Waals surface area contributed by atoms with Crippen LogP contribution in [0.4, 0.5) is 0 Å². The smallest absolute Gasteiger partial charge is 0.248 e. The van der Waals surface area contributed by atoms with Crippen LogP contribution in [-0.4, -0.2) is 19.0 Å². The van der Waals surface area contributed by atoms with Crippen LogP contribution in [-0.2, 0) is 0 Å². The van der Waals surface area contributed by atoms with Gasteiger partial charge in [-0.1, -0.05) is 19.1 Å². The summed E-state index contributed by atoms with van der Waals surface area (Å²) in [4.78, 5) is 11.2. The summed E-state index contributed by atoms with van der Waals surface area (Å²) in [7, 11) is 0. The van der Waals surface area contributed by atoms with Crippen LogP contribution in [0.3, 0.4) is 0 Å². The van der Waals surface area contributed by atoms with Gasteiger partial charge in [-0.05, 0) is 55.5 Å². The van der Waals surface area contributed by atoms with E-state index in [1.54, 1.807) is 6.07 Å². The number of primary amides is 1. The second-order valence-electron chi connectivity index (χ2n) is 4.88. The molecule has 1 saturated heterocycles. The zero-order chi connectivity index (χ0) is 12.3. The maximum Gasteiger partial charge on any atom is 0.248 e. The fourth-order valence-corrected chi connectivity index (χ4v) is 2.55. The minimum Gasteiger partial charge on any atom is -0.366 e. The van der Waals surface area contributed by atoms with Gasteiger partial charge in [0.05, 0.1) is 0 Å². The van der Waals surface area contributed by atoms with E-state index in [1.807, 2.05) is 12.1 Å². The Bertz CT molecular complexity index is 397. The molecule has 3 nitrogen and oxygen atoms in total. The largest absolute Gasteiger partial charge is 0.366 e. The van der Waals surface area contributed by atoms with Crippen LogP contribution in [0.5, 0.6) is 0 Å². The second kappa shape index (κ2) is 5.32. The van der Waals surface area contributed by atoms with E-state index in [-0.39, 0.29) is 5.91 Å². The van der Waals surface area contributed by atoms with Gasteiger partial charge in [0, 0.05) is 5.56 Å². The van der Waals surface area contributed by atoms with Gasteiger partial charge in [0.15, 0.2) is 0 Å². The van der Waals surface area contributed by atoms with E-state index in [9.17, 15) is 4.79 Å². The number of hydrogen-bond acceptors (Lipinski definition) is 2. The average molecular weight is 232 g/mol. The number of nitrogens with one attached hydrogen (secondary N) is 1. The van der Waals surface area contributed by atoms with E-state index < -0.39 is 0 Å². The molecule has 1 aliphatic heterocycles. The third-order valence-electron chi connectivity index (χ3n) is 3.74. The lowest BCUT2D eigenvalue weighted by atomic mass is 9.82. The van der Waals surface area contributed by atoms with E-state index >= 15 is 0 Å². The third kappa shape index (κ3) is 2.86. The Morgan fingerprint density at radius 3 is 3.00 bits per heavy atom. The van der Waals surface area contributed by atoms with Gasteiger partial charge < -0.3 is 11.1 Å². The summed E-state index contributed by atoms with van der Waals surface area (Å²) in [6, 6.07) is 7.72. The van der Waals surface area contributed by atoms with E-state index in [2.05, 4.69) is 18.3 Å². The van der Waals surface area contributed by atoms with Crippen molar-refractivity contribution < 1.29 is 4.79 Å². The van der Waals surface area contributed by atoms with Crippen LogP contribution in [0.15, 0.2) is 24.3 Å². The quantitative estimate of drug-likeness (QED) is 0.836. The van der Waals surface area contributed by atoms with E-state index in [0.717, 1.165) is 13.1 Å². The monoisotopic (exact) mass is 232 g/mol. The second-order valence-corrected chi connectivity index (χ2v) is 4.88. The molecule has 1 aromatic carbocycles.